The van der Waals surface area contributed by atoms with E-state index in [2.05, 4.69) is 29.6 Å². The lowest BCUT2D eigenvalue weighted by Crippen LogP contribution is -2.52. The smallest absolute Gasteiger partial charge is 0.317 e. The van der Waals surface area contributed by atoms with Crippen LogP contribution in [0.5, 0.6) is 0 Å². The number of aromatic nitrogens is 1. The maximum absolute atomic E-state index is 13.4. The first-order valence-electron chi connectivity index (χ1n) is 10.3. The molecule has 4 heterocycles. The Morgan fingerprint density at radius 2 is 1.97 bits per heavy atom. The standard InChI is InChI=1S/C23H25N3O2S/c1-14(2)24-23(28)25-11-15-9-17(13-25)19-8-7-18(22(27)26(19)12-15)21-10-16-5-3-4-6-20(16)29-21/h3-8,10,14-15,17H,9,11-13H2,1-2H3,(H,24,28)/t15-,17+/m0/s1. The van der Waals surface area contributed by atoms with Crippen LogP contribution in [0.4, 0.5) is 4.79 Å². The quantitative estimate of drug-likeness (QED) is 0.690. The highest BCUT2D eigenvalue weighted by Gasteiger charge is 2.36. The van der Waals surface area contributed by atoms with Crippen LogP contribution in [-0.2, 0) is 6.54 Å². The molecule has 2 aromatic heterocycles. The van der Waals surface area contributed by atoms with Gasteiger partial charge in [-0.05, 0) is 55.8 Å². The normalized spacial score (nSPS) is 20.7. The average Bonchev–Trinajstić information content (AvgIpc) is 3.12. The molecule has 0 radical (unpaired) electrons. The summed E-state index contributed by atoms with van der Waals surface area (Å²) in [5, 5.41) is 4.18. The molecule has 2 amide bonds. The molecule has 5 rings (SSSR count). The molecule has 2 aliphatic heterocycles. The van der Waals surface area contributed by atoms with Crippen molar-refractivity contribution in [3.63, 3.8) is 0 Å². The molecular weight excluding hydrogens is 382 g/mol. The molecule has 0 saturated carbocycles. The van der Waals surface area contributed by atoms with Crippen molar-refractivity contribution < 1.29 is 4.79 Å². The van der Waals surface area contributed by atoms with Crippen LogP contribution in [0.25, 0.3) is 20.5 Å². The zero-order valence-electron chi connectivity index (χ0n) is 16.7. The van der Waals surface area contributed by atoms with Gasteiger partial charge in [0, 0.05) is 46.9 Å². The fraction of sp³-hybridized carbons (Fsp3) is 0.391. The van der Waals surface area contributed by atoms with Gasteiger partial charge in [-0.1, -0.05) is 18.2 Å². The van der Waals surface area contributed by atoms with Crippen molar-refractivity contribution in [1.29, 1.82) is 0 Å². The third kappa shape index (κ3) is 3.25. The number of amides is 2. The minimum atomic E-state index is 0.00685. The molecule has 2 aliphatic rings. The number of hydrogen-bond donors (Lipinski definition) is 1. The molecule has 0 unspecified atom stereocenters. The number of nitrogens with zero attached hydrogens (tertiary/aromatic N) is 2. The second-order valence-corrected chi connectivity index (χ2v) is 9.63. The van der Waals surface area contributed by atoms with E-state index in [-0.39, 0.29) is 23.6 Å². The number of likely N-dealkylation sites (tertiary alicyclic amines) is 1. The number of piperidine rings is 1. The predicted molar refractivity (Wildman–Crippen MR) is 118 cm³/mol. The van der Waals surface area contributed by atoms with Gasteiger partial charge in [-0.15, -0.1) is 11.3 Å². The summed E-state index contributed by atoms with van der Waals surface area (Å²) in [5.74, 6) is 0.555. The van der Waals surface area contributed by atoms with Gasteiger partial charge in [0.2, 0.25) is 0 Å². The van der Waals surface area contributed by atoms with E-state index >= 15 is 0 Å². The van der Waals surface area contributed by atoms with Crippen LogP contribution in [0.3, 0.4) is 0 Å². The van der Waals surface area contributed by atoms with Crippen LogP contribution in [0, 0.1) is 5.92 Å². The number of carbonyl (C=O) groups excluding carboxylic acids is 1. The Hall–Kier alpha value is -2.60. The van der Waals surface area contributed by atoms with E-state index in [1.54, 1.807) is 11.3 Å². The maximum Gasteiger partial charge on any atom is 0.317 e. The van der Waals surface area contributed by atoms with Crippen molar-refractivity contribution in [1.82, 2.24) is 14.8 Å². The average molecular weight is 408 g/mol. The summed E-state index contributed by atoms with van der Waals surface area (Å²) in [6, 6.07) is 14.6. The fourth-order valence-electron chi connectivity index (χ4n) is 4.75. The second kappa shape index (κ2) is 7.02. The SMILES string of the molecule is CC(C)NC(=O)N1C[C@@H]2C[C@H](C1)c1ccc(-c3cc4ccccc4s3)c(=O)n1C2. The molecule has 1 aromatic carbocycles. The molecule has 0 spiro atoms. The van der Waals surface area contributed by atoms with Gasteiger partial charge in [0.05, 0.1) is 5.56 Å². The number of nitrogens with one attached hydrogen (secondary N) is 1. The number of rotatable bonds is 2. The summed E-state index contributed by atoms with van der Waals surface area (Å²) in [7, 11) is 0. The van der Waals surface area contributed by atoms with Gasteiger partial charge >= 0.3 is 6.03 Å². The summed E-state index contributed by atoms with van der Waals surface area (Å²) >= 11 is 1.67. The van der Waals surface area contributed by atoms with E-state index in [0.717, 1.165) is 22.6 Å². The highest BCUT2D eigenvalue weighted by molar-refractivity contribution is 7.22. The lowest BCUT2D eigenvalue weighted by Gasteiger charge is -2.43. The molecule has 1 N–H and O–H groups in total. The van der Waals surface area contributed by atoms with E-state index in [9.17, 15) is 9.59 Å². The number of hydrogen-bond acceptors (Lipinski definition) is 3. The van der Waals surface area contributed by atoms with E-state index in [1.165, 1.54) is 10.1 Å². The molecule has 1 saturated heterocycles. The van der Waals surface area contributed by atoms with E-state index in [4.69, 9.17) is 0 Å². The number of thiophene rings is 1. The zero-order valence-corrected chi connectivity index (χ0v) is 17.5. The van der Waals surface area contributed by atoms with Crippen molar-refractivity contribution >= 4 is 27.5 Å². The van der Waals surface area contributed by atoms with Gasteiger partial charge in [-0.25, -0.2) is 4.79 Å². The molecule has 3 aromatic rings. The van der Waals surface area contributed by atoms with Crippen LogP contribution in [-0.4, -0.2) is 34.6 Å². The molecular formula is C23H25N3O2S. The predicted octanol–water partition coefficient (Wildman–Crippen LogP) is 4.27. The number of carbonyl (C=O) groups is 1. The molecule has 150 valence electrons. The first-order chi connectivity index (χ1) is 14.0. The first-order valence-corrected chi connectivity index (χ1v) is 11.1. The second-order valence-electron chi connectivity index (χ2n) is 8.54. The topological polar surface area (TPSA) is 54.3 Å². The molecule has 5 nitrogen and oxygen atoms in total. The molecule has 6 heteroatoms. The van der Waals surface area contributed by atoms with Gasteiger partial charge in [0.15, 0.2) is 0 Å². The molecule has 2 bridgehead atoms. The molecule has 29 heavy (non-hydrogen) atoms. The Labute approximate surface area is 174 Å². The number of benzene rings is 1. The summed E-state index contributed by atoms with van der Waals surface area (Å²) in [4.78, 5) is 28.8. The summed E-state index contributed by atoms with van der Waals surface area (Å²) in [5.41, 5.74) is 1.95. The third-order valence-corrected chi connectivity index (χ3v) is 7.14. The van der Waals surface area contributed by atoms with Gasteiger partial charge < -0.3 is 14.8 Å². The minimum Gasteiger partial charge on any atom is -0.336 e. The summed E-state index contributed by atoms with van der Waals surface area (Å²) < 4.78 is 3.17. The van der Waals surface area contributed by atoms with Crippen molar-refractivity contribution in [2.45, 2.75) is 38.8 Å². The van der Waals surface area contributed by atoms with E-state index < -0.39 is 0 Å². The van der Waals surface area contributed by atoms with Crippen LogP contribution >= 0.6 is 11.3 Å². The van der Waals surface area contributed by atoms with Gasteiger partial charge in [-0.3, -0.25) is 4.79 Å². The van der Waals surface area contributed by atoms with Crippen molar-refractivity contribution in [2.24, 2.45) is 5.92 Å². The number of pyridine rings is 1. The molecule has 1 fully saturated rings. The van der Waals surface area contributed by atoms with Crippen molar-refractivity contribution in [3.05, 3.63) is 58.5 Å². The van der Waals surface area contributed by atoms with Crippen LogP contribution in [0.1, 0.15) is 31.9 Å². The Balaban J connectivity index is 1.48. The number of urea groups is 1. The Bertz CT molecular complexity index is 1110. The monoisotopic (exact) mass is 407 g/mol. The van der Waals surface area contributed by atoms with Gasteiger partial charge in [0.25, 0.3) is 5.56 Å². The maximum atomic E-state index is 13.4. The molecule has 2 atom stereocenters. The zero-order chi connectivity index (χ0) is 20.1. The van der Waals surface area contributed by atoms with Crippen LogP contribution < -0.4 is 10.9 Å². The third-order valence-electron chi connectivity index (χ3n) is 5.99. The first kappa shape index (κ1) is 18.4. The fourth-order valence-corrected chi connectivity index (χ4v) is 5.83. The lowest BCUT2D eigenvalue weighted by atomic mass is 9.83. The van der Waals surface area contributed by atoms with Crippen LogP contribution in [0.15, 0.2) is 47.3 Å². The number of fused-ring (bicyclic) bond motifs is 5. The Morgan fingerprint density at radius 1 is 1.14 bits per heavy atom. The van der Waals surface area contributed by atoms with E-state index in [1.807, 2.05) is 41.5 Å². The Morgan fingerprint density at radius 3 is 2.76 bits per heavy atom. The highest BCUT2D eigenvalue weighted by atomic mass is 32.1. The largest absolute Gasteiger partial charge is 0.336 e. The Kier molecular flexibility index (Phi) is 4.46. The lowest BCUT2D eigenvalue weighted by molar-refractivity contribution is 0.130. The van der Waals surface area contributed by atoms with Gasteiger partial charge in [0.1, 0.15) is 0 Å². The van der Waals surface area contributed by atoms with Crippen molar-refractivity contribution in [2.75, 3.05) is 13.1 Å². The highest BCUT2D eigenvalue weighted by Crippen LogP contribution is 2.37. The van der Waals surface area contributed by atoms with Gasteiger partial charge in [-0.2, -0.15) is 0 Å². The molecule has 0 aliphatic carbocycles. The van der Waals surface area contributed by atoms with Crippen LogP contribution in [0.2, 0.25) is 0 Å². The summed E-state index contributed by atoms with van der Waals surface area (Å²) in [6.07, 6.45) is 1.05. The summed E-state index contributed by atoms with van der Waals surface area (Å²) in [6.45, 7) is 6.04. The minimum absolute atomic E-state index is 0.00685. The van der Waals surface area contributed by atoms with E-state index in [0.29, 0.717) is 25.6 Å². The van der Waals surface area contributed by atoms with Crippen molar-refractivity contribution in [3.8, 4) is 10.4 Å².